The number of halogens is 3. The third kappa shape index (κ3) is 2.71. The molecule has 1 aromatic heterocycles. The molecule has 0 bridgehead atoms. The van der Waals surface area contributed by atoms with E-state index in [-0.39, 0.29) is 5.41 Å². The van der Waals surface area contributed by atoms with Crippen LogP contribution >= 0.6 is 11.3 Å². The Morgan fingerprint density at radius 3 is 2.75 bits per heavy atom. The number of allylic oxidation sites excluding steroid dienone is 2. The second kappa shape index (κ2) is 5.06. The molecule has 2 nitrogen and oxygen atoms in total. The molecule has 3 rings (SSSR count). The highest BCUT2D eigenvalue weighted by molar-refractivity contribution is 7.15. The van der Waals surface area contributed by atoms with Gasteiger partial charge in [-0.3, -0.25) is 0 Å². The molecule has 20 heavy (non-hydrogen) atoms. The minimum atomic E-state index is -4.28. The molecule has 0 N–H and O–H groups in total. The summed E-state index contributed by atoms with van der Waals surface area (Å²) in [4.78, 5) is 5.43. The van der Waals surface area contributed by atoms with E-state index in [1.807, 2.05) is 4.90 Å². The Morgan fingerprint density at radius 2 is 2.10 bits per heavy atom. The summed E-state index contributed by atoms with van der Waals surface area (Å²) in [5.74, 6) is 0. The van der Waals surface area contributed by atoms with Gasteiger partial charge in [-0.1, -0.05) is 23.5 Å². The molecular formula is C14H17F3N2S. The van der Waals surface area contributed by atoms with Crippen molar-refractivity contribution >= 4 is 16.5 Å². The summed E-state index contributed by atoms with van der Waals surface area (Å²) in [5.41, 5.74) is 0.247. The van der Waals surface area contributed by atoms with Crippen LogP contribution in [0.3, 0.4) is 0 Å². The van der Waals surface area contributed by atoms with Crippen molar-refractivity contribution < 1.29 is 13.2 Å². The number of rotatable bonds is 1. The standard InChI is InChI=1S/C14H17F3N2S/c15-14(16,17)11-9-18-12(20-11)19-8-4-7-13(10-19)5-2-1-3-6-13/h1-2,9H,3-8,10H2. The SMILES string of the molecule is FC(F)(F)c1cnc(N2CCCC3(CC=CCC3)C2)s1. The van der Waals surface area contributed by atoms with Crippen LogP contribution in [0.1, 0.15) is 37.0 Å². The number of aromatic nitrogens is 1. The Morgan fingerprint density at radius 1 is 1.25 bits per heavy atom. The van der Waals surface area contributed by atoms with Gasteiger partial charge in [0.05, 0.1) is 6.20 Å². The molecule has 1 atom stereocenters. The van der Waals surface area contributed by atoms with Gasteiger partial charge in [0.25, 0.3) is 0 Å². The molecule has 1 aliphatic heterocycles. The van der Waals surface area contributed by atoms with Crippen molar-refractivity contribution in [3.63, 3.8) is 0 Å². The summed E-state index contributed by atoms with van der Waals surface area (Å²) in [7, 11) is 0. The molecule has 2 aliphatic rings. The smallest absolute Gasteiger partial charge is 0.348 e. The second-order valence-corrected chi connectivity index (χ2v) is 6.75. The van der Waals surface area contributed by atoms with Gasteiger partial charge in [-0.05, 0) is 37.5 Å². The van der Waals surface area contributed by atoms with Crippen molar-refractivity contribution in [2.24, 2.45) is 5.41 Å². The summed E-state index contributed by atoms with van der Waals surface area (Å²) in [6, 6.07) is 0. The van der Waals surface area contributed by atoms with Crippen molar-refractivity contribution in [1.82, 2.24) is 4.98 Å². The van der Waals surface area contributed by atoms with Crippen LogP contribution in [0.2, 0.25) is 0 Å². The van der Waals surface area contributed by atoms with Crippen LogP contribution < -0.4 is 4.90 Å². The zero-order valence-corrected chi connectivity index (χ0v) is 11.9. The lowest BCUT2D eigenvalue weighted by Gasteiger charge is -2.43. The fourth-order valence-electron chi connectivity index (χ4n) is 3.23. The van der Waals surface area contributed by atoms with Gasteiger partial charge >= 0.3 is 6.18 Å². The molecule has 6 heteroatoms. The maximum absolute atomic E-state index is 12.7. The highest BCUT2D eigenvalue weighted by Gasteiger charge is 2.38. The lowest BCUT2D eigenvalue weighted by Crippen LogP contribution is -2.43. The third-order valence-electron chi connectivity index (χ3n) is 4.26. The summed E-state index contributed by atoms with van der Waals surface area (Å²) in [6.45, 7) is 1.65. The minimum absolute atomic E-state index is 0.247. The summed E-state index contributed by atoms with van der Waals surface area (Å²) >= 11 is 0.765. The van der Waals surface area contributed by atoms with E-state index in [2.05, 4.69) is 17.1 Å². The monoisotopic (exact) mass is 302 g/mol. The predicted molar refractivity (Wildman–Crippen MR) is 74.0 cm³/mol. The van der Waals surface area contributed by atoms with Crippen LogP contribution in [0.15, 0.2) is 18.3 Å². The van der Waals surface area contributed by atoms with Crippen LogP contribution in [-0.4, -0.2) is 18.1 Å². The molecule has 0 amide bonds. The Balaban J connectivity index is 1.77. The lowest BCUT2D eigenvalue weighted by atomic mass is 9.71. The molecule has 0 radical (unpaired) electrons. The number of thiazole rings is 1. The Kier molecular flexibility index (Phi) is 3.52. The number of alkyl halides is 3. The van der Waals surface area contributed by atoms with Crippen LogP contribution in [0.5, 0.6) is 0 Å². The molecule has 110 valence electrons. The highest BCUT2D eigenvalue weighted by atomic mass is 32.1. The quantitative estimate of drug-likeness (QED) is 0.711. The number of anilines is 1. The van der Waals surface area contributed by atoms with Gasteiger partial charge < -0.3 is 4.90 Å². The van der Waals surface area contributed by atoms with Crippen molar-refractivity contribution in [1.29, 1.82) is 0 Å². The normalized spacial score (nSPS) is 27.2. The minimum Gasteiger partial charge on any atom is -0.348 e. The van der Waals surface area contributed by atoms with Crippen LogP contribution in [0.25, 0.3) is 0 Å². The Bertz CT molecular complexity index is 509. The van der Waals surface area contributed by atoms with E-state index in [0.717, 1.165) is 56.3 Å². The zero-order valence-electron chi connectivity index (χ0n) is 11.1. The van der Waals surface area contributed by atoms with Crippen LogP contribution in [0.4, 0.5) is 18.3 Å². The van der Waals surface area contributed by atoms with Crippen molar-refractivity contribution in [2.45, 2.75) is 38.3 Å². The van der Waals surface area contributed by atoms with Gasteiger partial charge in [-0.15, -0.1) is 0 Å². The highest BCUT2D eigenvalue weighted by Crippen LogP contribution is 2.43. The number of nitrogens with zero attached hydrogens (tertiary/aromatic N) is 2. The fraction of sp³-hybridized carbons (Fsp3) is 0.643. The van der Waals surface area contributed by atoms with Crippen LogP contribution in [0, 0.1) is 5.41 Å². The van der Waals surface area contributed by atoms with Crippen molar-refractivity contribution in [3.8, 4) is 0 Å². The first-order valence-electron chi connectivity index (χ1n) is 6.92. The van der Waals surface area contributed by atoms with E-state index in [0.29, 0.717) is 5.13 Å². The maximum atomic E-state index is 12.7. The van der Waals surface area contributed by atoms with Gasteiger partial charge in [0.1, 0.15) is 4.88 Å². The largest absolute Gasteiger partial charge is 0.427 e. The molecular weight excluding hydrogens is 285 g/mol. The first-order chi connectivity index (χ1) is 9.49. The predicted octanol–water partition coefficient (Wildman–Crippen LogP) is 4.49. The summed E-state index contributed by atoms with van der Waals surface area (Å²) < 4.78 is 38.0. The first kappa shape index (κ1) is 13.9. The summed E-state index contributed by atoms with van der Waals surface area (Å²) in [6.07, 6.45) is 6.57. The molecule has 1 fully saturated rings. The molecule has 1 spiro atoms. The number of hydrogen-bond donors (Lipinski definition) is 0. The van der Waals surface area contributed by atoms with Gasteiger partial charge in [0.2, 0.25) is 0 Å². The van der Waals surface area contributed by atoms with E-state index in [1.165, 1.54) is 6.42 Å². The van der Waals surface area contributed by atoms with Crippen molar-refractivity contribution in [3.05, 3.63) is 23.2 Å². The maximum Gasteiger partial charge on any atom is 0.427 e. The first-order valence-corrected chi connectivity index (χ1v) is 7.73. The summed E-state index contributed by atoms with van der Waals surface area (Å²) in [5, 5.41) is 0.519. The van der Waals surface area contributed by atoms with Gasteiger partial charge in [-0.2, -0.15) is 13.2 Å². The molecule has 2 heterocycles. The van der Waals surface area contributed by atoms with Gasteiger partial charge in [-0.25, -0.2) is 4.98 Å². The molecule has 1 unspecified atom stereocenters. The van der Waals surface area contributed by atoms with Crippen molar-refractivity contribution in [2.75, 3.05) is 18.0 Å². The lowest BCUT2D eigenvalue weighted by molar-refractivity contribution is -0.134. The topological polar surface area (TPSA) is 16.1 Å². The van der Waals surface area contributed by atoms with Gasteiger partial charge in [0.15, 0.2) is 5.13 Å². The molecule has 0 saturated carbocycles. The molecule has 1 aliphatic carbocycles. The Hall–Kier alpha value is -1.04. The Labute approximate surface area is 120 Å². The number of hydrogen-bond acceptors (Lipinski definition) is 3. The van der Waals surface area contributed by atoms with E-state index >= 15 is 0 Å². The average molecular weight is 302 g/mol. The fourth-order valence-corrected chi connectivity index (χ4v) is 4.03. The van der Waals surface area contributed by atoms with Crippen LogP contribution in [-0.2, 0) is 6.18 Å². The van der Waals surface area contributed by atoms with Gasteiger partial charge in [0, 0.05) is 13.1 Å². The molecule has 1 aromatic rings. The second-order valence-electron chi connectivity index (χ2n) is 5.74. The molecule has 0 aromatic carbocycles. The third-order valence-corrected chi connectivity index (χ3v) is 5.37. The van der Waals surface area contributed by atoms with E-state index < -0.39 is 11.1 Å². The average Bonchev–Trinajstić information content (AvgIpc) is 2.89. The van der Waals surface area contributed by atoms with E-state index in [1.54, 1.807) is 0 Å². The molecule has 1 saturated heterocycles. The number of piperidine rings is 1. The van der Waals surface area contributed by atoms with E-state index in [4.69, 9.17) is 0 Å². The zero-order chi connectivity index (χ0) is 14.2. The van der Waals surface area contributed by atoms with E-state index in [9.17, 15) is 13.2 Å².